The number of esters is 2. The molecule has 0 aromatic heterocycles. The van der Waals surface area contributed by atoms with E-state index in [2.05, 4.69) is 5.32 Å². The van der Waals surface area contributed by atoms with E-state index in [1.54, 1.807) is 51.1 Å². The number of Topliss-reactive ketones (excluding diaryl/α,β-unsaturated/α-hetero) is 2. The summed E-state index contributed by atoms with van der Waals surface area (Å²) in [5.41, 5.74) is 1.40. The number of methoxy groups -OCH3 is 2. The largest absolute Gasteiger partial charge is 0.508 e. The van der Waals surface area contributed by atoms with Crippen LogP contribution in [-0.4, -0.2) is 135 Å². The molecular weight excluding hydrogens is 1060 g/mol. The van der Waals surface area contributed by atoms with Crippen LogP contribution in [0.1, 0.15) is 139 Å². The van der Waals surface area contributed by atoms with Crippen molar-refractivity contribution < 1.29 is 82.7 Å². The third kappa shape index (κ3) is 11.9. The van der Waals surface area contributed by atoms with E-state index in [9.17, 15) is 54.3 Å². The Morgan fingerprint density at radius 1 is 0.817 bits per heavy atom. The second kappa shape index (κ2) is 24.4. The van der Waals surface area contributed by atoms with Gasteiger partial charge in [0.2, 0.25) is 11.7 Å². The smallest absolute Gasteiger partial charge is 0.340 e. The van der Waals surface area contributed by atoms with Crippen molar-refractivity contribution in [3.8, 4) is 23.0 Å². The highest BCUT2D eigenvalue weighted by Gasteiger charge is 2.57. The Kier molecular flexibility index (Phi) is 17.9. The number of amides is 2. The lowest BCUT2D eigenvalue weighted by atomic mass is 9.77. The number of aliphatic hydroxyl groups is 3. The minimum Gasteiger partial charge on any atom is -0.508 e. The molecule has 1 saturated carbocycles. The van der Waals surface area contributed by atoms with Crippen LogP contribution in [0.5, 0.6) is 23.0 Å². The number of ether oxygens (including phenoxy) is 6. The van der Waals surface area contributed by atoms with Gasteiger partial charge in [-0.1, -0.05) is 51.5 Å². The number of cyclic esters (lactones) is 1. The molecule has 82 heavy (non-hydrogen) atoms. The monoisotopic (exact) mass is 1130 g/mol. The van der Waals surface area contributed by atoms with Gasteiger partial charge in [0.15, 0.2) is 5.60 Å². The lowest BCUT2D eigenvalue weighted by Crippen LogP contribution is -2.63. The van der Waals surface area contributed by atoms with Crippen LogP contribution in [-0.2, 0) is 53.3 Å². The van der Waals surface area contributed by atoms with Gasteiger partial charge in [-0.25, -0.2) is 9.59 Å². The first kappa shape index (κ1) is 60.1. The minimum absolute atomic E-state index is 0.0300. The molecule has 0 radical (unpaired) electrons. The van der Waals surface area contributed by atoms with Gasteiger partial charge in [-0.15, -0.1) is 0 Å². The molecule has 3 aromatic carbocycles. The Balaban J connectivity index is 1.04. The molecule has 5 heterocycles. The molecule has 1 aliphatic carbocycles. The number of piperidine rings is 1. The first-order valence-corrected chi connectivity index (χ1v) is 28.7. The quantitative estimate of drug-likeness (QED) is 0.0751. The lowest BCUT2D eigenvalue weighted by molar-refractivity contribution is -0.294. The van der Waals surface area contributed by atoms with Crippen molar-refractivity contribution in [1.29, 1.82) is 0 Å². The van der Waals surface area contributed by atoms with E-state index < -0.39 is 114 Å². The summed E-state index contributed by atoms with van der Waals surface area (Å²) in [6.45, 7) is 10.8. The molecule has 19 heteroatoms. The van der Waals surface area contributed by atoms with Gasteiger partial charge in [-0.05, 0) is 131 Å². The molecule has 3 aromatic rings. The molecule has 3 fully saturated rings. The average molecular weight is 1140 g/mol. The fraction of sp³-hybridized carbons (Fsp3) is 0.556. The molecule has 5 aliphatic heterocycles. The van der Waals surface area contributed by atoms with E-state index >= 15 is 0 Å². The summed E-state index contributed by atoms with van der Waals surface area (Å²) in [5, 5.41) is 58.7. The number of benzene rings is 3. The van der Waals surface area contributed by atoms with Crippen LogP contribution in [0.2, 0.25) is 0 Å². The van der Waals surface area contributed by atoms with Gasteiger partial charge in [0, 0.05) is 85.9 Å². The number of aliphatic hydroxyl groups excluding tert-OH is 2. The average Bonchev–Trinajstić information content (AvgIpc) is 3.64. The van der Waals surface area contributed by atoms with E-state index in [0.29, 0.717) is 67.2 Å². The predicted octanol–water partition coefficient (Wildman–Crippen LogP) is 7.69. The Bertz CT molecular complexity index is 2970. The van der Waals surface area contributed by atoms with Crippen molar-refractivity contribution >= 4 is 41.0 Å². The van der Waals surface area contributed by atoms with E-state index in [1.807, 2.05) is 26.8 Å². The number of aromatic hydroxyl groups is 2. The highest BCUT2D eigenvalue weighted by Crippen LogP contribution is 2.57. The number of nitrogens with one attached hydrogen (secondary N) is 1. The highest BCUT2D eigenvalue weighted by molar-refractivity contribution is 6.39. The van der Waals surface area contributed by atoms with E-state index in [1.165, 1.54) is 44.6 Å². The first-order valence-electron chi connectivity index (χ1n) is 28.7. The Morgan fingerprint density at radius 2 is 1.49 bits per heavy atom. The third-order valence-electron chi connectivity index (χ3n) is 17.9. The maximum absolute atomic E-state index is 14.8. The van der Waals surface area contributed by atoms with E-state index in [-0.39, 0.29) is 77.8 Å². The number of hydrogen-bond donors (Lipinski definition) is 6. The Hall–Kier alpha value is -6.48. The van der Waals surface area contributed by atoms with Gasteiger partial charge in [0.25, 0.3) is 11.7 Å². The highest BCUT2D eigenvalue weighted by atomic mass is 16.7. The molecule has 9 rings (SSSR count). The Labute approximate surface area is 477 Å². The molecule has 6 N–H and O–H groups in total. The summed E-state index contributed by atoms with van der Waals surface area (Å²) < 4.78 is 36.5. The predicted molar refractivity (Wildman–Crippen MR) is 297 cm³/mol. The number of phenolic OH excluding ortho intramolecular Hbond substituents is 2. The summed E-state index contributed by atoms with van der Waals surface area (Å²) in [4.78, 5) is 87.9. The maximum Gasteiger partial charge on any atom is 0.340 e. The number of hydrogen-bond acceptors (Lipinski definition) is 17. The number of rotatable bonds is 7. The summed E-state index contributed by atoms with van der Waals surface area (Å²) in [5.74, 6) is -10.6. The molecule has 0 unspecified atom stereocenters. The summed E-state index contributed by atoms with van der Waals surface area (Å²) in [7, 11) is 3.05. The van der Waals surface area contributed by atoms with Crippen molar-refractivity contribution in [3.63, 3.8) is 0 Å². The van der Waals surface area contributed by atoms with Crippen molar-refractivity contribution in [1.82, 2.24) is 4.90 Å². The SMILES string of the molecule is CO[C@H]1C[C@@H](C)[C@@]2(O)O[C@@H]1[C@@H](C)C[C@@H](C)C/C(C)=C/[C@@H](CC(=O)Nc1ccc3c(c1)C(=O)OC31c3ccc(O)cc3Oc3cc(O)ccc31)C(=O)C[C@H](O)[C@@H](C)[C@@H](/C(C)=C/[C@@H]1CC[C@@H](O)[C@H](OC)C1)OC(=O)[C@@H]1CCCCN1C(=O)C2=O. The van der Waals surface area contributed by atoms with Crippen LogP contribution in [0.25, 0.3) is 0 Å². The summed E-state index contributed by atoms with van der Waals surface area (Å²) in [6, 6.07) is 12.4. The second-order valence-electron chi connectivity index (χ2n) is 24.0. The van der Waals surface area contributed by atoms with Gasteiger partial charge in [-0.2, -0.15) is 0 Å². The fourth-order valence-corrected chi connectivity index (χ4v) is 13.6. The van der Waals surface area contributed by atoms with Crippen LogP contribution in [0.4, 0.5) is 5.69 Å². The number of phenols is 2. The number of allylic oxidation sites excluding steroid dienone is 3. The van der Waals surface area contributed by atoms with Gasteiger partial charge in [0.1, 0.15) is 40.9 Å². The molecule has 2 amide bonds. The molecular formula is C63H78N2O17. The zero-order chi connectivity index (χ0) is 59.1. The van der Waals surface area contributed by atoms with Crippen molar-refractivity contribution in [3.05, 3.63) is 100 Å². The lowest BCUT2D eigenvalue weighted by Gasteiger charge is -2.47. The number of fused-ring (bicyclic) bond motifs is 9. The maximum atomic E-state index is 14.8. The first-order chi connectivity index (χ1) is 38.9. The number of anilines is 1. The topological polar surface area (TPSA) is 274 Å². The van der Waals surface area contributed by atoms with E-state index in [0.717, 1.165) is 10.5 Å². The molecule has 1 spiro atoms. The van der Waals surface area contributed by atoms with Gasteiger partial charge in [0.05, 0.1) is 36.1 Å². The molecule has 2 bridgehead atoms. The van der Waals surface area contributed by atoms with Crippen molar-refractivity contribution in [2.45, 2.75) is 166 Å². The second-order valence-corrected chi connectivity index (χ2v) is 24.0. The Morgan fingerprint density at radius 3 is 2.16 bits per heavy atom. The van der Waals surface area contributed by atoms with Crippen LogP contribution < -0.4 is 10.1 Å². The van der Waals surface area contributed by atoms with Crippen molar-refractivity contribution in [2.24, 2.45) is 35.5 Å². The van der Waals surface area contributed by atoms with Gasteiger partial charge >= 0.3 is 11.9 Å². The van der Waals surface area contributed by atoms with Gasteiger partial charge in [-0.3, -0.25) is 19.2 Å². The molecule has 19 nitrogen and oxygen atoms in total. The molecule has 442 valence electrons. The van der Waals surface area contributed by atoms with Crippen LogP contribution >= 0.6 is 0 Å². The zero-order valence-electron chi connectivity index (χ0n) is 47.9. The summed E-state index contributed by atoms with van der Waals surface area (Å²) in [6.07, 6.45) is 1.57. The van der Waals surface area contributed by atoms with Crippen LogP contribution in [0, 0.1) is 35.5 Å². The van der Waals surface area contributed by atoms with E-state index in [4.69, 9.17) is 28.4 Å². The standard InChI is InChI=1S/C63H78N2O17/c1-32-21-33(2)23-39(27-55(71)64-40-13-16-44-43(28-40)60(74)82-62(44)45-17-14-41(66)29-51(45)79-52-30-42(67)15-18-46(52)62)50(70)31-49(69)37(6)56(35(4)24-38-12-19-48(68)53(26-38)77-7)80-61(75)47-11-9-10-20-65(47)59(73)58(72)63(76)36(5)25-54(78-8)57(81-63)34(3)22-32/h13-18,23-24,28-30,32,34,36-39,47-49,53-54,56-57,66-69,76H,9-12,19-22,25-27,31H2,1-8H3,(H,64,71)/b33-23+,35-24+/t32-,34-,36+,37+,38-,39-,47-,48+,49-,53+,54-,56+,57+,63+/m0/s1. The van der Waals surface area contributed by atoms with Crippen molar-refractivity contribution in [2.75, 3.05) is 26.1 Å². The zero-order valence-corrected chi connectivity index (χ0v) is 47.9. The number of nitrogens with zero attached hydrogens (tertiary/aromatic N) is 1. The normalized spacial score (nSPS) is 33.5. The van der Waals surface area contributed by atoms with Gasteiger partial charge < -0.3 is 64.2 Å². The van der Waals surface area contributed by atoms with Crippen LogP contribution in [0.3, 0.4) is 0 Å². The van der Waals surface area contributed by atoms with Crippen LogP contribution in [0.15, 0.2) is 77.9 Å². The third-order valence-corrected chi connectivity index (χ3v) is 17.9. The number of carbonyl (C=O) groups excluding carboxylic acids is 6. The fourth-order valence-electron chi connectivity index (χ4n) is 13.6. The molecule has 6 aliphatic rings. The molecule has 14 atom stereocenters. The number of ketones is 2. The summed E-state index contributed by atoms with van der Waals surface area (Å²) >= 11 is 0. The molecule has 2 saturated heterocycles. The number of carbonyl (C=O) groups is 6. The minimum atomic E-state index is -2.54.